The number of carbonyl (C=O) groups is 1. The number of piperidine rings is 1. The van der Waals surface area contributed by atoms with Gasteiger partial charge in [0.15, 0.2) is 0 Å². The van der Waals surface area contributed by atoms with Crippen LogP contribution in [0.3, 0.4) is 0 Å². The fraction of sp³-hybridized carbons (Fsp3) is 0.556. The van der Waals surface area contributed by atoms with Crippen molar-refractivity contribution in [2.24, 2.45) is 11.1 Å². The van der Waals surface area contributed by atoms with Crippen molar-refractivity contribution in [1.29, 1.82) is 5.26 Å². The third-order valence-electron chi connectivity index (χ3n) is 5.43. The molecule has 1 aromatic rings. The highest BCUT2D eigenvalue weighted by atomic mass is 19.1. The molecule has 1 spiro atoms. The lowest BCUT2D eigenvalue weighted by atomic mass is 9.58. The summed E-state index contributed by atoms with van der Waals surface area (Å²) in [5, 5.41) is 19.2. The summed E-state index contributed by atoms with van der Waals surface area (Å²) in [7, 11) is 0. The Hall–Kier alpha value is -2.01. The first-order valence-electron chi connectivity index (χ1n) is 8.50. The van der Waals surface area contributed by atoms with Crippen LogP contribution in [0.4, 0.5) is 4.39 Å². The Bertz CT molecular complexity index is 695. The number of amides is 1. The number of hydrogen-bond donors (Lipinski definition) is 2. The van der Waals surface area contributed by atoms with Crippen LogP contribution in [0.25, 0.3) is 0 Å². The zero-order chi connectivity index (χ0) is 18.0. The lowest BCUT2D eigenvalue weighted by Gasteiger charge is -2.56. The molecule has 25 heavy (non-hydrogen) atoms. The number of rotatable bonds is 4. The van der Waals surface area contributed by atoms with E-state index in [0.717, 1.165) is 12.1 Å². The van der Waals surface area contributed by atoms with Crippen LogP contribution in [0, 0.1) is 22.6 Å². The lowest BCUT2D eigenvalue weighted by molar-refractivity contribution is -0.207. The van der Waals surface area contributed by atoms with Crippen LogP contribution in [0.1, 0.15) is 35.2 Å². The number of nitrogens with zero attached hydrogens (tertiary/aromatic N) is 2. The number of benzene rings is 1. The summed E-state index contributed by atoms with van der Waals surface area (Å²) in [6.45, 7) is 1.84. The van der Waals surface area contributed by atoms with Crippen molar-refractivity contribution in [2.45, 2.75) is 31.5 Å². The number of nitriles is 1. The molecule has 1 aliphatic heterocycles. The molecule has 0 radical (unpaired) electrons. The molecule has 7 heteroatoms. The average molecular weight is 347 g/mol. The zero-order valence-corrected chi connectivity index (χ0v) is 13.9. The minimum atomic E-state index is -0.597. The molecule has 3 N–H and O–H groups in total. The van der Waals surface area contributed by atoms with Crippen LogP contribution in [-0.4, -0.2) is 54.4 Å². The highest BCUT2D eigenvalue weighted by molar-refractivity contribution is 5.94. The molecule has 1 saturated carbocycles. The van der Waals surface area contributed by atoms with Crippen molar-refractivity contribution in [3.63, 3.8) is 0 Å². The fourth-order valence-electron chi connectivity index (χ4n) is 3.91. The maximum Gasteiger partial charge on any atom is 0.254 e. The molecule has 2 atom stereocenters. The van der Waals surface area contributed by atoms with Crippen LogP contribution >= 0.6 is 0 Å². The lowest BCUT2D eigenvalue weighted by Crippen LogP contribution is -2.62. The van der Waals surface area contributed by atoms with Crippen molar-refractivity contribution >= 4 is 5.91 Å². The van der Waals surface area contributed by atoms with E-state index in [0.29, 0.717) is 45.5 Å². The summed E-state index contributed by atoms with van der Waals surface area (Å²) in [6, 6.07) is 5.52. The molecule has 1 amide bonds. The van der Waals surface area contributed by atoms with Crippen molar-refractivity contribution in [3.8, 4) is 6.07 Å². The van der Waals surface area contributed by atoms with Gasteiger partial charge in [0, 0.05) is 37.0 Å². The van der Waals surface area contributed by atoms with Gasteiger partial charge in [-0.05, 0) is 31.0 Å². The molecular weight excluding hydrogens is 325 g/mol. The number of hydrogen-bond acceptors (Lipinski definition) is 5. The summed E-state index contributed by atoms with van der Waals surface area (Å²) >= 11 is 0. The molecule has 0 aromatic heterocycles. The van der Waals surface area contributed by atoms with E-state index < -0.39 is 11.9 Å². The van der Waals surface area contributed by atoms with Crippen LogP contribution in [0.2, 0.25) is 0 Å². The second-order valence-corrected chi connectivity index (χ2v) is 6.77. The van der Waals surface area contributed by atoms with Gasteiger partial charge in [-0.15, -0.1) is 0 Å². The molecule has 0 bridgehead atoms. The predicted octanol–water partition coefficient (Wildman–Crippen LogP) is 1.03. The molecule has 2 fully saturated rings. The van der Waals surface area contributed by atoms with E-state index in [1.54, 1.807) is 4.90 Å². The van der Waals surface area contributed by atoms with Crippen molar-refractivity contribution in [3.05, 3.63) is 35.1 Å². The van der Waals surface area contributed by atoms with E-state index in [1.807, 2.05) is 6.07 Å². The van der Waals surface area contributed by atoms with E-state index in [1.165, 1.54) is 6.07 Å². The number of likely N-dealkylation sites (tertiary alicyclic amines) is 1. The van der Waals surface area contributed by atoms with E-state index in [9.17, 15) is 14.3 Å². The molecule has 134 valence electrons. The van der Waals surface area contributed by atoms with Crippen LogP contribution in [0.5, 0.6) is 0 Å². The minimum Gasteiger partial charge on any atom is -0.392 e. The van der Waals surface area contributed by atoms with Crippen molar-refractivity contribution in [1.82, 2.24) is 4.90 Å². The van der Waals surface area contributed by atoms with E-state index in [2.05, 4.69) is 0 Å². The van der Waals surface area contributed by atoms with Gasteiger partial charge >= 0.3 is 0 Å². The molecule has 6 nitrogen and oxygen atoms in total. The molecular formula is C18H22FN3O3. The average Bonchev–Trinajstić information content (AvgIpc) is 2.63. The Morgan fingerprint density at radius 2 is 2.16 bits per heavy atom. The van der Waals surface area contributed by atoms with E-state index in [-0.39, 0.29) is 28.6 Å². The van der Waals surface area contributed by atoms with Crippen LogP contribution < -0.4 is 5.73 Å². The first kappa shape index (κ1) is 17.8. The minimum absolute atomic E-state index is 0.0253. The summed E-state index contributed by atoms with van der Waals surface area (Å²) in [6.07, 6.45) is 1.42. The number of aliphatic hydroxyl groups is 1. The summed E-state index contributed by atoms with van der Waals surface area (Å²) < 4.78 is 19.3. The SMILES string of the molecule is N#Cc1cc(F)cc(C(=O)N2CCC3(CC2)[C@@H](O)C[C@H]3OCCN)c1. The molecule has 1 aromatic carbocycles. The predicted molar refractivity (Wildman–Crippen MR) is 88.1 cm³/mol. The fourth-order valence-corrected chi connectivity index (χ4v) is 3.91. The van der Waals surface area contributed by atoms with Crippen LogP contribution in [0.15, 0.2) is 18.2 Å². The summed E-state index contributed by atoms with van der Waals surface area (Å²) in [5.74, 6) is -0.889. The van der Waals surface area contributed by atoms with Gasteiger partial charge in [0.25, 0.3) is 5.91 Å². The number of aliphatic hydroxyl groups excluding tert-OH is 1. The van der Waals surface area contributed by atoms with Gasteiger partial charge in [0.2, 0.25) is 0 Å². The number of ether oxygens (including phenoxy) is 1. The molecule has 3 rings (SSSR count). The second kappa shape index (κ2) is 7.08. The van der Waals surface area contributed by atoms with Crippen molar-refractivity contribution in [2.75, 3.05) is 26.2 Å². The number of nitrogens with two attached hydrogens (primary N) is 1. The van der Waals surface area contributed by atoms with Gasteiger partial charge in [-0.3, -0.25) is 4.79 Å². The van der Waals surface area contributed by atoms with E-state index >= 15 is 0 Å². The normalized spacial score (nSPS) is 24.6. The Morgan fingerprint density at radius 3 is 2.76 bits per heavy atom. The van der Waals surface area contributed by atoms with Gasteiger partial charge in [0.05, 0.1) is 30.4 Å². The number of halogens is 1. The molecule has 1 heterocycles. The third-order valence-corrected chi connectivity index (χ3v) is 5.43. The van der Waals surface area contributed by atoms with Gasteiger partial charge in [-0.25, -0.2) is 4.39 Å². The van der Waals surface area contributed by atoms with Crippen LogP contribution in [-0.2, 0) is 4.74 Å². The molecule has 1 saturated heterocycles. The highest BCUT2D eigenvalue weighted by Gasteiger charge is 2.56. The molecule has 2 aliphatic rings. The largest absolute Gasteiger partial charge is 0.392 e. The van der Waals surface area contributed by atoms with Gasteiger partial charge in [-0.1, -0.05) is 0 Å². The Balaban J connectivity index is 1.67. The van der Waals surface area contributed by atoms with Crippen molar-refractivity contribution < 1.29 is 19.0 Å². The topological polar surface area (TPSA) is 99.6 Å². The monoisotopic (exact) mass is 347 g/mol. The van der Waals surface area contributed by atoms with E-state index in [4.69, 9.17) is 15.7 Å². The third kappa shape index (κ3) is 3.25. The smallest absolute Gasteiger partial charge is 0.254 e. The number of carbonyl (C=O) groups excluding carboxylic acids is 1. The first-order chi connectivity index (χ1) is 12.0. The quantitative estimate of drug-likeness (QED) is 0.847. The Morgan fingerprint density at radius 1 is 1.44 bits per heavy atom. The Kier molecular flexibility index (Phi) is 5.04. The summed E-state index contributed by atoms with van der Waals surface area (Å²) in [4.78, 5) is 14.3. The van der Waals surface area contributed by atoms with Gasteiger partial charge in [0.1, 0.15) is 5.82 Å². The zero-order valence-electron chi connectivity index (χ0n) is 13.9. The van der Waals surface area contributed by atoms with Gasteiger partial charge < -0.3 is 20.5 Å². The van der Waals surface area contributed by atoms with Gasteiger partial charge in [-0.2, -0.15) is 5.26 Å². The maximum absolute atomic E-state index is 13.6. The first-order valence-corrected chi connectivity index (χ1v) is 8.50. The highest BCUT2D eigenvalue weighted by Crippen LogP contribution is 2.51. The molecule has 0 unspecified atom stereocenters. The summed E-state index contributed by atoms with van der Waals surface area (Å²) in [5.41, 5.74) is 5.47. The Labute approximate surface area is 146 Å². The standard InChI is InChI=1S/C18H22FN3O3/c19-14-8-12(11-21)7-13(9-14)17(24)22-4-1-18(2-5-22)15(23)10-16(18)25-6-3-20/h7-9,15-16,23H,1-6,10,20H2/t15-,16+/m0/s1. The molecule has 1 aliphatic carbocycles. The maximum atomic E-state index is 13.6. The second-order valence-electron chi connectivity index (χ2n) is 6.77.